The van der Waals surface area contributed by atoms with Crippen LogP contribution in [0.2, 0.25) is 0 Å². The molecule has 27 heavy (non-hydrogen) atoms. The van der Waals surface area contributed by atoms with Crippen molar-refractivity contribution in [1.29, 1.82) is 0 Å². The van der Waals surface area contributed by atoms with E-state index < -0.39 is 10.1 Å². The summed E-state index contributed by atoms with van der Waals surface area (Å²) in [6.45, 7) is 8.30. The van der Waals surface area contributed by atoms with Gasteiger partial charge in [-0.1, -0.05) is 69.2 Å². The lowest BCUT2D eigenvalue weighted by Gasteiger charge is -2.12. The molecule has 0 atom stereocenters. The van der Waals surface area contributed by atoms with Crippen LogP contribution in [0.4, 0.5) is 0 Å². The summed E-state index contributed by atoms with van der Waals surface area (Å²) >= 11 is 0. The number of hydrogen-bond donors (Lipinski definition) is 0. The van der Waals surface area contributed by atoms with Crippen LogP contribution in [-0.2, 0) is 20.9 Å². The van der Waals surface area contributed by atoms with E-state index in [0.717, 1.165) is 42.4 Å². The minimum absolute atomic E-state index is 0.126. The lowest BCUT2D eigenvalue weighted by Crippen LogP contribution is -2.08. The maximum atomic E-state index is 12.4. The van der Waals surface area contributed by atoms with Crippen molar-refractivity contribution >= 4 is 16.2 Å². The van der Waals surface area contributed by atoms with Crippen molar-refractivity contribution in [2.45, 2.75) is 51.0 Å². The van der Waals surface area contributed by atoms with Crippen LogP contribution in [-0.4, -0.2) is 15.0 Å². The Morgan fingerprint density at radius 3 is 2.44 bits per heavy atom. The Morgan fingerprint density at radius 2 is 1.78 bits per heavy atom. The molecule has 0 heterocycles. The first-order valence-corrected chi connectivity index (χ1v) is 10.7. The maximum Gasteiger partial charge on any atom is 0.297 e. The maximum absolute atomic E-state index is 12.4. The van der Waals surface area contributed by atoms with Crippen molar-refractivity contribution < 1.29 is 17.3 Å². The van der Waals surface area contributed by atoms with Gasteiger partial charge in [0.2, 0.25) is 0 Å². The van der Waals surface area contributed by atoms with Gasteiger partial charge in [0.1, 0.15) is 12.4 Å². The first-order valence-electron chi connectivity index (χ1n) is 9.30. The van der Waals surface area contributed by atoms with Crippen molar-refractivity contribution in [3.8, 4) is 5.75 Å². The van der Waals surface area contributed by atoms with Crippen molar-refractivity contribution in [2.24, 2.45) is 0 Å². The van der Waals surface area contributed by atoms with Crippen molar-refractivity contribution in [3.05, 3.63) is 65.7 Å². The molecule has 0 aliphatic heterocycles. The van der Waals surface area contributed by atoms with Gasteiger partial charge >= 0.3 is 0 Å². The Labute approximate surface area is 163 Å². The molecule has 0 saturated carbocycles. The Balaban J connectivity index is 2.02. The average Bonchev–Trinajstić information content (AvgIpc) is 2.67. The van der Waals surface area contributed by atoms with E-state index in [0.29, 0.717) is 12.4 Å². The van der Waals surface area contributed by atoms with Gasteiger partial charge < -0.3 is 4.74 Å². The van der Waals surface area contributed by atoms with Crippen molar-refractivity contribution in [3.63, 3.8) is 0 Å². The van der Waals surface area contributed by atoms with E-state index in [2.05, 4.69) is 13.5 Å². The molecule has 2 rings (SSSR count). The van der Waals surface area contributed by atoms with Gasteiger partial charge in [0.25, 0.3) is 10.1 Å². The number of hydrogen-bond acceptors (Lipinski definition) is 4. The molecule has 0 aliphatic carbocycles. The minimum Gasteiger partial charge on any atom is -0.489 e. The highest BCUT2D eigenvalue weighted by atomic mass is 32.2. The van der Waals surface area contributed by atoms with Gasteiger partial charge in [0.05, 0.1) is 11.5 Å². The molecule has 0 spiro atoms. The number of rotatable bonds is 11. The Hall–Kier alpha value is -2.11. The highest BCUT2D eigenvalue weighted by Crippen LogP contribution is 2.25. The fourth-order valence-corrected chi connectivity index (χ4v) is 3.53. The zero-order valence-electron chi connectivity index (χ0n) is 16.1. The summed E-state index contributed by atoms with van der Waals surface area (Å²) in [6.07, 6.45) is 5.68. The second-order valence-corrected chi connectivity index (χ2v) is 8.11. The SMILES string of the molecule is C=Cc1ccc(COc2cc(S(=O)(=O)OCCCCCC)ccc2C)cc1. The molecule has 0 aliphatic rings. The van der Waals surface area contributed by atoms with Gasteiger partial charge in [0, 0.05) is 6.07 Å². The monoisotopic (exact) mass is 388 g/mol. The normalized spacial score (nSPS) is 11.3. The number of ether oxygens (including phenoxy) is 1. The second kappa shape index (κ2) is 10.3. The topological polar surface area (TPSA) is 52.6 Å². The standard InChI is InChI=1S/C22H28O4S/c1-4-6-7-8-15-26-27(23,24)21-14-9-18(3)22(16-21)25-17-20-12-10-19(5-2)11-13-20/h5,9-14,16H,2,4,6-8,15,17H2,1,3H3. The van der Waals surface area contributed by atoms with Gasteiger partial charge in [-0.05, 0) is 36.1 Å². The molecule has 0 unspecified atom stereocenters. The van der Waals surface area contributed by atoms with E-state index >= 15 is 0 Å². The second-order valence-electron chi connectivity index (χ2n) is 6.50. The van der Waals surface area contributed by atoms with E-state index in [1.807, 2.05) is 31.2 Å². The van der Waals surface area contributed by atoms with E-state index in [-0.39, 0.29) is 11.5 Å². The van der Waals surface area contributed by atoms with Gasteiger partial charge in [0.15, 0.2) is 0 Å². The Kier molecular flexibility index (Phi) is 8.07. The average molecular weight is 389 g/mol. The Morgan fingerprint density at radius 1 is 1.04 bits per heavy atom. The summed E-state index contributed by atoms with van der Waals surface area (Å²) in [5.41, 5.74) is 2.92. The Bertz CT molecular complexity index is 839. The molecule has 2 aromatic rings. The number of benzene rings is 2. The first kappa shape index (κ1) is 21.2. The highest BCUT2D eigenvalue weighted by molar-refractivity contribution is 7.86. The molecule has 0 aromatic heterocycles. The molecule has 0 amide bonds. The predicted molar refractivity (Wildman–Crippen MR) is 109 cm³/mol. The molecule has 2 aromatic carbocycles. The summed E-state index contributed by atoms with van der Waals surface area (Å²) < 4.78 is 35.8. The zero-order valence-corrected chi connectivity index (χ0v) is 16.9. The molecule has 0 bridgehead atoms. The van der Waals surface area contributed by atoms with Crippen LogP contribution >= 0.6 is 0 Å². The largest absolute Gasteiger partial charge is 0.489 e. The van der Waals surface area contributed by atoms with Crippen LogP contribution in [0.5, 0.6) is 5.75 Å². The first-order chi connectivity index (χ1) is 13.0. The number of unbranched alkanes of at least 4 members (excludes halogenated alkanes) is 3. The molecular weight excluding hydrogens is 360 g/mol. The minimum atomic E-state index is -3.77. The zero-order chi connectivity index (χ0) is 19.7. The van der Waals surface area contributed by atoms with Crippen LogP contribution in [0.15, 0.2) is 53.9 Å². The van der Waals surface area contributed by atoms with Crippen molar-refractivity contribution in [1.82, 2.24) is 0 Å². The molecule has 0 radical (unpaired) electrons. The van der Waals surface area contributed by atoms with E-state index in [4.69, 9.17) is 8.92 Å². The van der Waals surface area contributed by atoms with Crippen LogP contribution in [0.25, 0.3) is 6.08 Å². The van der Waals surface area contributed by atoms with Gasteiger partial charge in [-0.2, -0.15) is 8.42 Å². The van der Waals surface area contributed by atoms with Crippen LogP contribution in [0, 0.1) is 6.92 Å². The lowest BCUT2D eigenvalue weighted by atomic mass is 10.1. The molecule has 5 heteroatoms. The fourth-order valence-electron chi connectivity index (χ4n) is 2.57. The summed E-state index contributed by atoms with van der Waals surface area (Å²) in [4.78, 5) is 0.126. The van der Waals surface area contributed by atoms with E-state index in [1.165, 1.54) is 6.07 Å². The van der Waals surface area contributed by atoms with Crippen LogP contribution in [0.3, 0.4) is 0 Å². The van der Waals surface area contributed by atoms with E-state index in [1.54, 1.807) is 18.2 Å². The molecule has 146 valence electrons. The quantitative estimate of drug-likeness (QED) is 0.377. The summed E-state index contributed by atoms with van der Waals surface area (Å²) in [5.74, 6) is 0.540. The third-order valence-corrected chi connectivity index (χ3v) is 5.60. The third-order valence-electron chi connectivity index (χ3n) is 4.29. The van der Waals surface area contributed by atoms with Crippen molar-refractivity contribution in [2.75, 3.05) is 6.61 Å². The fraction of sp³-hybridized carbons (Fsp3) is 0.364. The molecular formula is C22H28O4S. The molecule has 4 nitrogen and oxygen atoms in total. The van der Waals surface area contributed by atoms with Gasteiger partial charge in [-0.15, -0.1) is 0 Å². The van der Waals surface area contributed by atoms with Crippen LogP contribution in [0.1, 0.15) is 49.3 Å². The molecule has 0 fully saturated rings. The molecule has 0 saturated heterocycles. The lowest BCUT2D eigenvalue weighted by molar-refractivity contribution is 0.299. The molecule has 0 N–H and O–H groups in total. The van der Waals surface area contributed by atoms with Crippen LogP contribution < -0.4 is 4.74 Å². The number of aryl methyl sites for hydroxylation is 1. The van der Waals surface area contributed by atoms with Gasteiger partial charge in [-0.25, -0.2) is 0 Å². The summed E-state index contributed by atoms with van der Waals surface area (Å²) in [6, 6.07) is 12.7. The predicted octanol–water partition coefficient (Wildman–Crippen LogP) is 5.50. The summed E-state index contributed by atoms with van der Waals surface area (Å²) in [7, 11) is -3.77. The summed E-state index contributed by atoms with van der Waals surface area (Å²) in [5, 5.41) is 0. The van der Waals surface area contributed by atoms with Gasteiger partial charge in [-0.3, -0.25) is 4.18 Å². The highest BCUT2D eigenvalue weighted by Gasteiger charge is 2.17. The smallest absolute Gasteiger partial charge is 0.297 e. The van der Waals surface area contributed by atoms with E-state index in [9.17, 15) is 8.42 Å². The third kappa shape index (κ3) is 6.52.